The maximum atomic E-state index is 2.36. The maximum Gasteiger partial charge on any atom is 0.139 e. The molecule has 1 radical (unpaired) electrons. The van der Waals surface area contributed by atoms with Crippen LogP contribution >= 0.6 is 0 Å². The number of hydrogen-bond acceptors (Lipinski definition) is 0. The Kier molecular flexibility index (Phi) is 29.9. The van der Waals surface area contributed by atoms with Crippen LogP contribution in [-0.4, -0.2) is 20.7 Å². The highest BCUT2D eigenvalue weighted by Gasteiger charge is 2.11. The summed E-state index contributed by atoms with van der Waals surface area (Å²) in [6.45, 7) is 24.8. The summed E-state index contributed by atoms with van der Waals surface area (Å²) in [4.78, 5) is 0. The summed E-state index contributed by atoms with van der Waals surface area (Å²) < 4.78 is 0. The lowest BCUT2D eigenvalue weighted by Gasteiger charge is -2.13. The Morgan fingerprint density at radius 1 is 0.654 bits per heavy atom. The summed E-state index contributed by atoms with van der Waals surface area (Å²) in [5.41, 5.74) is 0. The van der Waals surface area contributed by atoms with Crippen molar-refractivity contribution >= 4 is 20.7 Å². The van der Waals surface area contributed by atoms with Gasteiger partial charge in [0, 0.05) is 0 Å². The van der Waals surface area contributed by atoms with Gasteiger partial charge >= 0.3 is 0 Å². The van der Waals surface area contributed by atoms with Gasteiger partial charge in [-0.15, -0.1) is 0 Å². The van der Waals surface area contributed by atoms with Crippen LogP contribution in [0.15, 0.2) is 0 Å². The van der Waals surface area contributed by atoms with Crippen LogP contribution in [0.25, 0.3) is 0 Å². The third-order valence-corrected chi connectivity index (χ3v) is 5.99. The molecule has 3 heteroatoms. The first kappa shape index (κ1) is 30.9. The molecule has 2 unspecified atom stereocenters. The lowest BCUT2D eigenvalue weighted by molar-refractivity contribution is 0.617. The molecule has 0 spiro atoms. The fraction of sp³-hybridized carbons (Fsp3) is 1.00. The van der Waals surface area contributed by atoms with Crippen LogP contribution in [0.2, 0.25) is 50.6 Å². The predicted octanol–water partition coefficient (Wildman–Crippen LogP) is 9.09. The summed E-state index contributed by atoms with van der Waals surface area (Å²) >= 11 is 0. The Labute approximate surface area is 171 Å². The zero-order valence-corrected chi connectivity index (χ0v) is 20.7. The van der Waals surface area contributed by atoms with E-state index in [1.54, 1.807) is 0 Å². The first-order valence-electron chi connectivity index (χ1n) is 12.2. The third kappa shape index (κ3) is 24.2. The molecule has 155 valence electrons. The molecule has 0 nitrogen and oxygen atoms in total. The summed E-state index contributed by atoms with van der Waals surface area (Å²) in [5.74, 6) is 1.83. The normalized spacial score (nSPS) is 12.1. The summed E-state index contributed by atoms with van der Waals surface area (Å²) in [6.07, 6.45) is 14.9. The summed E-state index contributed by atoms with van der Waals surface area (Å²) in [6, 6.07) is 0. The second-order valence-electron chi connectivity index (χ2n) is 8.35. The van der Waals surface area contributed by atoms with Gasteiger partial charge in [-0.25, -0.2) is 0 Å². The van der Waals surface area contributed by atoms with Gasteiger partial charge in [-0.1, -0.05) is 151 Å². The van der Waals surface area contributed by atoms with Crippen LogP contribution in [0.1, 0.15) is 88.5 Å². The van der Waals surface area contributed by atoms with Gasteiger partial charge in [-0.3, -0.25) is 0 Å². The van der Waals surface area contributed by atoms with Gasteiger partial charge in [-0.05, 0) is 0 Å². The minimum atomic E-state index is 0.898. The van der Waals surface area contributed by atoms with Gasteiger partial charge in [0.05, 0.1) is 0 Å². The van der Waals surface area contributed by atoms with Crippen molar-refractivity contribution in [1.82, 2.24) is 0 Å². The van der Waals surface area contributed by atoms with Crippen LogP contribution in [-0.2, 0) is 0 Å². The number of rotatable bonds is 13. The average molecular weight is 363 g/mol. The molecule has 0 rings (SSSR count). The van der Waals surface area contributed by atoms with Crippen LogP contribution < -0.4 is 0 Å². The standard InChI is InChI=1S/C9H21B.C7H16B.C7H17B/c1-5-9(4)8-10(6-2)7-3;1-4-7(3)6-8-5-2;1-4-7-8(5-2)6-3/h9H,5-8H2,1-4H3;7H,4-6H2,1-3H3;4-7H2,1-3H3. The van der Waals surface area contributed by atoms with E-state index in [-0.39, 0.29) is 0 Å². The van der Waals surface area contributed by atoms with E-state index in [0.717, 1.165) is 25.3 Å². The Morgan fingerprint density at radius 3 is 1.38 bits per heavy atom. The first-order valence-corrected chi connectivity index (χ1v) is 12.2. The van der Waals surface area contributed by atoms with E-state index < -0.39 is 0 Å². The fourth-order valence-electron chi connectivity index (χ4n) is 3.08. The quantitative estimate of drug-likeness (QED) is 0.286. The van der Waals surface area contributed by atoms with Crippen molar-refractivity contribution in [3.8, 4) is 0 Å². The minimum Gasteiger partial charge on any atom is -0.0831 e. The van der Waals surface area contributed by atoms with Crippen molar-refractivity contribution in [2.45, 2.75) is 139 Å². The van der Waals surface area contributed by atoms with E-state index in [4.69, 9.17) is 0 Å². The lowest BCUT2D eigenvalue weighted by Crippen LogP contribution is -2.12. The monoisotopic (exact) mass is 363 g/mol. The van der Waals surface area contributed by atoms with Crippen molar-refractivity contribution in [3.63, 3.8) is 0 Å². The molecule has 0 aromatic heterocycles. The molecule has 0 heterocycles. The molecule has 0 amide bonds. The highest BCUT2D eigenvalue weighted by atomic mass is 14.0. The van der Waals surface area contributed by atoms with Crippen molar-refractivity contribution in [2.24, 2.45) is 11.8 Å². The molecule has 2 atom stereocenters. The van der Waals surface area contributed by atoms with Crippen molar-refractivity contribution in [1.29, 1.82) is 0 Å². The predicted molar refractivity (Wildman–Crippen MR) is 133 cm³/mol. The van der Waals surface area contributed by atoms with Gasteiger partial charge in [-0.2, -0.15) is 0 Å². The smallest absolute Gasteiger partial charge is 0.0831 e. The van der Waals surface area contributed by atoms with E-state index >= 15 is 0 Å². The molecule has 0 aliphatic rings. The molecular weight excluding hydrogens is 309 g/mol. The summed E-state index contributed by atoms with van der Waals surface area (Å²) in [5, 5.41) is 0. The molecule has 0 N–H and O–H groups in total. The molecule has 26 heavy (non-hydrogen) atoms. The highest BCUT2D eigenvalue weighted by molar-refractivity contribution is 6.58. The van der Waals surface area contributed by atoms with Crippen LogP contribution in [0, 0.1) is 11.8 Å². The minimum absolute atomic E-state index is 0.898. The third-order valence-electron chi connectivity index (χ3n) is 5.99. The van der Waals surface area contributed by atoms with Crippen molar-refractivity contribution in [3.05, 3.63) is 0 Å². The van der Waals surface area contributed by atoms with E-state index in [0.29, 0.717) is 0 Å². The van der Waals surface area contributed by atoms with Crippen molar-refractivity contribution in [2.75, 3.05) is 0 Å². The van der Waals surface area contributed by atoms with E-state index in [1.165, 1.54) is 69.8 Å². The second-order valence-corrected chi connectivity index (χ2v) is 8.35. The Hall–Kier alpha value is 0.195. The Bertz CT molecular complexity index is 225. The number of hydrogen-bond donors (Lipinski definition) is 0. The molecule has 0 aromatic rings. The molecule has 0 bridgehead atoms. The van der Waals surface area contributed by atoms with Gasteiger partial charge in [0.2, 0.25) is 0 Å². The van der Waals surface area contributed by atoms with Gasteiger partial charge in [0.15, 0.2) is 0 Å². The van der Waals surface area contributed by atoms with Gasteiger partial charge in [0.1, 0.15) is 20.7 Å². The van der Waals surface area contributed by atoms with Crippen molar-refractivity contribution < 1.29 is 0 Å². The molecule has 0 aliphatic carbocycles. The van der Waals surface area contributed by atoms with Gasteiger partial charge < -0.3 is 0 Å². The van der Waals surface area contributed by atoms with Crippen LogP contribution in [0.5, 0.6) is 0 Å². The first-order chi connectivity index (χ1) is 12.4. The maximum absolute atomic E-state index is 2.36. The van der Waals surface area contributed by atoms with E-state index in [1.807, 2.05) is 0 Å². The lowest BCUT2D eigenvalue weighted by atomic mass is 9.42. The van der Waals surface area contributed by atoms with Crippen LogP contribution in [0.4, 0.5) is 0 Å². The summed E-state index contributed by atoms with van der Waals surface area (Å²) in [7, 11) is 2.36. The molecular formula is C23H54B3. The molecule has 0 saturated heterocycles. The molecule has 0 saturated carbocycles. The molecule has 0 fully saturated rings. The fourth-order valence-corrected chi connectivity index (χ4v) is 3.08. The van der Waals surface area contributed by atoms with Crippen LogP contribution in [0.3, 0.4) is 0 Å². The van der Waals surface area contributed by atoms with E-state index in [9.17, 15) is 0 Å². The molecule has 0 aliphatic heterocycles. The largest absolute Gasteiger partial charge is 0.139 e. The second kappa shape index (κ2) is 25.2. The zero-order valence-electron chi connectivity index (χ0n) is 20.7. The highest BCUT2D eigenvalue weighted by Crippen LogP contribution is 2.15. The average Bonchev–Trinajstić information content (AvgIpc) is 2.68. The Balaban J connectivity index is -0.000000308. The SMILES string of the molecule is CCB(CC)CC(C)CC.CCCB(CC)CC.CC[B]CC(C)CC. The zero-order chi connectivity index (χ0) is 20.8. The van der Waals surface area contributed by atoms with E-state index in [2.05, 4.69) is 76.5 Å². The Morgan fingerprint density at radius 2 is 1.12 bits per heavy atom. The molecule has 0 aromatic carbocycles. The topological polar surface area (TPSA) is 0 Å². The van der Waals surface area contributed by atoms with Gasteiger partial charge in [0.25, 0.3) is 0 Å².